The number of benzene rings is 1. The Hall–Kier alpha value is -0.480. The molecule has 0 spiro atoms. The van der Waals surface area contributed by atoms with Gasteiger partial charge in [0, 0.05) is 5.75 Å². The standard InChI is InChI=1S/C15H24O2S2/c1-15(2,3)10-7-11-18-12-13-19(16,17)14-8-5-4-6-9-14/h4-6,8-9H,7,10-13H2,1-3H3. The lowest BCUT2D eigenvalue weighted by Gasteiger charge is -2.17. The van der Waals surface area contributed by atoms with Crippen LogP contribution < -0.4 is 0 Å². The molecule has 0 amide bonds. The quantitative estimate of drug-likeness (QED) is 0.713. The van der Waals surface area contributed by atoms with Crippen LogP contribution in [0.1, 0.15) is 33.6 Å². The van der Waals surface area contributed by atoms with Gasteiger partial charge in [-0.15, -0.1) is 0 Å². The molecule has 2 nitrogen and oxygen atoms in total. The van der Waals surface area contributed by atoms with Crippen molar-refractivity contribution in [2.24, 2.45) is 5.41 Å². The summed E-state index contributed by atoms with van der Waals surface area (Å²) in [4.78, 5) is 0.435. The van der Waals surface area contributed by atoms with Crippen LogP contribution in [0.3, 0.4) is 0 Å². The van der Waals surface area contributed by atoms with Crippen LogP contribution in [0.4, 0.5) is 0 Å². The van der Waals surface area contributed by atoms with Gasteiger partial charge < -0.3 is 0 Å². The van der Waals surface area contributed by atoms with E-state index in [-0.39, 0.29) is 5.75 Å². The van der Waals surface area contributed by atoms with Crippen LogP contribution in [0.2, 0.25) is 0 Å². The zero-order chi connectivity index (χ0) is 14.4. The van der Waals surface area contributed by atoms with Gasteiger partial charge in [0.1, 0.15) is 0 Å². The molecular weight excluding hydrogens is 276 g/mol. The molecule has 0 saturated carbocycles. The number of hydrogen-bond donors (Lipinski definition) is 0. The van der Waals surface area contributed by atoms with E-state index in [0.717, 1.165) is 12.2 Å². The summed E-state index contributed by atoms with van der Waals surface area (Å²) in [5, 5.41) is 0. The van der Waals surface area contributed by atoms with Gasteiger partial charge in [0.15, 0.2) is 9.84 Å². The fourth-order valence-corrected chi connectivity index (χ4v) is 4.43. The zero-order valence-corrected chi connectivity index (χ0v) is 13.7. The third kappa shape index (κ3) is 7.02. The normalized spacial score (nSPS) is 12.6. The number of rotatable bonds is 7. The molecule has 19 heavy (non-hydrogen) atoms. The molecule has 0 unspecified atom stereocenters. The predicted octanol–water partition coefficient (Wildman–Crippen LogP) is 4.02. The van der Waals surface area contributed by atoms with Crippen molar-refractivity contribution in [3.8, 4) is 0 Å². The molecule has 0 atom stereocenters. The average molecular weight is 300 g/mol. The van der Waals surface area contributed by atoms with Crippen molar-refractivity contribution >= 4 is 21.6 Å². The second-order valence-corrected chi connectivity index (χ2v) is 9.24. The van der Waals surface area contributed by atoms with Crippen LogP contribution in [0.5, 0.6) is 0 Å². The molecule has 1 aromatic rings. The van der Waals surface area contributed by atoms with Crippen molar-refractivity contribution in [2.45, 2.75) is 38.5 Å². The van der Waals surface area contributed by atoms with Crippen molar-refractivity contribution in [2.75, 3.05) is 17.3 Å². The molecule has 1 rings (SSSR count). The molecule has 0 aliphatic heterocycles. The van der Waals surface area contributed by atoms with E-state index in [1.165, 1.54) is 6.42 Å². The molecule has 0 fully saturated rings. The smallest absolute Gasteiger partial charge is 0.179 e. The van der Waals surface area contributed by atoms with Gasteiger partial charge in [-0.3, -0.25) is 0 Å². The van der Waals surface area contributed by atoms with E-state index in [0.29, 0.717) is 16.1 Å². The Labute approximate surface area is 121 Å². The van der Waals surface area contributed by atoms with Crippen molar-refractivity contribution in [1.82, 2.24) is 0 Å². The Morgan fingerprint density at radius 1 is 1.05 bits per heavy atom. The molecule has 4 heteroatoms. The van der Waals surface area contributed by atoms with Gasteiger partial charge in [-0.1, -0.05) is 39.0 Å². The number of hydrogen-bond acceptors (Lipinski definition) is 3. The van der Waals surface area contributed by atoms with Gasteiger partial charge in [0.05, 0.1) is 10.6 Å². The van der Waals surface area contributed by atoms with E-state index in [1.807, 2.05) is 6.07 Å². The van der Waals surface area contributed by atoms with Gasteiger partial charge in [0.2, 0.25) is 0 Å². The van der Waals surface area contributed by atoms with Crippen molar-refractivity contribution in [1.29, 1.82) is 0 Å². The average Bonchev–Trinajstić information content (AvgIpc) is 2.33. The maximum absolute atomic E-state index is 12.0. The highest BCUT2D eigenvalue weighted by molar-refractivity contribution is 8.00. The van der Waals surface area contributed by atoms with Gasteiger partial charge in [-0.25, -0.2) is 8.42 Å². The highest BCUT2D eigenvalue weighted by atomic mass is 32.2. The Morgan fingerprint density at radius 3 is 2.26 bits per heavy atom. The molecule has 0 aromatic heterocycles. The van der Waals surface area contributed by atoms with E-state index in [4.69, 9.17) is 0 Å². The minimum absolute atomic E-state index is 0.233. The van der Waals surface area contributed by atoms with Gasteiger partial charge in [-0.05, 0) is 36.1 Å². The Kier molecular flexibility index (Phi) is 6.40. The molecule has 0 heterocycles. The monoisotopic (exact) mass is 300 g/mol. The van der Waals surface area contributed by atoms with E-state index in [1.54, 1.807) is 36.0 Å². The third-order valence-corrected chi connectivity index (χ3v) is 5.87. The first kappa shape index (κ1) is 16.6. The Morgan fingerprint density at radius 2 is 1.68 bits per heavy atom. The predicted molar refractivity (Wildman–Crippen MR) is 84.5 cm³/mol. The first-order chi connectivity index (χ1) is 8.81. The van der Waals surface area contributed by atoms with Gasteiger partial charge >= 0.3 is 0 Å². The molecule has 0 radical (unpaired) electrons. The lowest BCUT2D eigenvalue weighted by Crippen LogP contribution is -2.09. The highest BCUT2D eigenvalue weighted by Crippen LogP contribution is 2.22. The molecule has 1 aromatic carbocycles. The molecule has 0 saturated heterocycles. The molecule has 0 bridgehead atoms. The summed E-state index contributed by atoms with van der Waals surface area (Å²) in [5.74, 6) is 1.96. The van der Waals surface area contributed by atoms with Crippen LogP contribution in [-0.2, 0) is 9.84 Å². The zero-order valence-electron chi connectivity index (χ0n) is 12.1. The van der Waals surface area contributed by atoms with Crippen molar-refractivity contribution in [3.63, 3.8) is 0 Å². The minimum atomic E-state index is -3.10. The molecule has 108 valence electrons. The Bertz CT molecular complexity index is 459. The minimum Gasteiger partial charge on any atom is -0.224 e. The second-order valence-electron chi connectivity index (χ2n) is 5.91. The Balaban J connectivity index is 2.26. The fraction of sp³-hybridized carbons (Fsp3) is 0.600. The molecule has 0 aliphatic carbocycles. The van der Waals surface area contributed by atoms with Crippen LogP contribution >= 0.6 is 11.8 Å². The third-order valence-electron chi connectivity index (χ3n) is 2.81. The number of thioether (sulfide) groups is 1. The van der Waals surface area contributed by atoms with Gasteiger partial charge in [-0.2, -0.15) is 11.8 Å². The van der Waals surface area contributed by atoms with E-state index >= 15 is 0 Å². The van der Waals surface area contributed by atoms with Gasteiger partial charge in [0.25, 0.3) is 0 Å². The van der Waals surface area contributed by atoms with E-state index < -0.39 is 9.84 Å². The summed E-state index contributed by atoms with van der Waals surface area (Å²) < 4.78 is 24.0. The lowest BCUT2D eigenvalue weighted by atomic mass is 9.91. The molecule has 0 aliphatic rings. The lowest BCUT2D eigenvalue weighted by molar-refractivity contribution is 0.375. The topological polar surface area (TPSA) is 34.1 Å². The first-order valence-corrected chi connectivity index (χ1v) is 9.47. The maximum atomic E-state index is 12.0. The van der Waals surface area contributed by atoms with Crippen LogP contribution in [0.25, 0.3) is 0 Å². The maximum Gasteiger partial charge on any atom is 0.179 e. The summed E-state index contributed by atoms with van der Waals surface area (Å²) in [6, 6.07) is 8.70. The van der Waals surface area contributed by atoms with Crippen molar-refractivity contribution < 1.29 is 8.42 Å². The van der Waals surface area contributed by atoms with Crippen LogP contribution in [-0.4, -0.2) is 25.7 Å². The largest absolute Gasteiger partial charge is 0.224 e. The summed E-state index contributed by atoms with van der Waals surface area (Å²) in [6.45, 7) is 6.70. The molecule has 0 N–H and O–H groups in total. The summed E-state index contributed by atoms with van der Waals surface area (Å²) in [7, 11) is -3.10. The van der Waals surface area contributed by atoms with Crippen LogP contribution in [0, 0.1) is 5.41 Å². The van der Waals surface area contributed by atoms with E-state index in [9.17, 15) is 8.42 Å². The summed E-state index contributed by atoms with van der Waals surface area (Å²) >= 11 is 1.74. The first-order valence-electron chi connectivity index (χ1n) is 6.67. The summed E-state index contributed by atoms with van der Waals surface area (Å²) in [5.41, 5.74) is 0.372. The SMILES string of the molecule is CC(C)(C)CCCSCCS(=O)(=O)c1ccccc1. The van der Waals surface area contributed by atoms with Crippen LogP contribution in [0.15, 0.2) is 35.2 Å². The fourth-order valence-electron chi connectivity index (χ4n) is 1.72. The number of sulfone groups is 1. The second kappa shape index (κ2) is 7.34. The highest BCUT2D eigenvalue weighted by Gasteiger charge is 2.13. The summed E-state index contributed by atoms with van der Waals surface area (Å²) in [6.07, 6.45) is 2.34. The van der Waals surface area contributed by atoms with Crippen molar-refractivity contribution in [3.05, 3.63) is 30.3 Å². The molecular formula is C15H24O2S2. The van der Waals surface area contributed by atoms with E-state index in [2.05, 4.69) is 20.8 Å².